The summed E-state index contributed by atoms with van der Waals surface area (Å²) >= 11 is 0. The molecule has 2 aromatic carbocycles. The van der Waals surface area contributed by atoms with Crippen molar-refractivity contribution < 1.29 is 18.7 Å². The number of benzene rings is 2. The molecule has 0 atom stereocenters. The zero-order valence-electron chi connectivity index (χ0n) is 12.4. The fourth-order valence-electron chi connectivity index (χ4n) is 1.75. The molecule has 0 saturated carbocycles. The van der Waals surface area contributed by atoms with Crippen molar-refractivity contribution in [3.05, 3.63) is 60.4 Å². The number of carbonyl (C=O) groups is 1. The van der Waals surface area contributed by atoms with Crippen LogP contribution >= 0.6 is 0 Å². The average molecular weight is 303 g/mol. The Balaban J connectivity index is 1.72. The van der Waals surface area contributed by atoms with Crippen molar-refractivity contribution in [3.8, 4) is 11.5 Å². The Morgan fingerprint density at radius 3 is 2.45 bits per heavy atom. The number of ether oxygens (including phenoxy) is 2. The second-order valence-electron chi connectivity index (χ2n) is 4.70. The summed E-state index contributed by atoms with van der Waals surface area (Å²) in [5, 5.41) is 0. The van der Waals surface area contributed by atoms with Crippen molar-refractivity contribution >= 4 is 5.91 Å². The minimum Gasteiger partial charge on any atom is -0.492 e. The molecule has 2 rings (SSSR count). The second-order valence-corrected chi connectivity index (χ2v) is 4.70. The maximum atomic E-state index is 13.4. The molecule has 0 heterocycles. The van der Waals surface area contributed by atoms with Crippen molar-refractivity contribution in [1.82, 2.24) is 4.90 Å². The first-order valence-corrected chi connectivity index (χ1v) is 6.96. The van der Waals surface area contributed by atoms with Crippen molar-refractivity contribution in [3.63, 3.8) is 0 Å². The van der Waals surface area contributed by atoms with Gasteiger partial charge in [0.2, 0.25) is 0 Å². The number of halogens is 1. The van der Waals surface area contributed by atoms with Gasteiger partial charge >= 0.3 is 0 Å². The molecule has 0 fully saturated rings. The molecule has 22 heavy (non-hydrogen) atoms. The van der Waals surface area contributed by atoms with Gasteiger partial charge in [-0.3, -0.25) is 4.79 Å². The molecule has 0 aliphatic carbocycles. The van der Waals surface area contributed by atoms with Gasteiger partial charge < -0.3 is 14.4 Å². The molecule has 0 radical (unpaired) electrons. The van der Waals surface area contributed by atoms with Gasteiger partial charge in [-0.15, -0.1) is 0 Å². The molecular weight excluding hydrogens is 285 g/mol. The topological polar surface area (TPSA) is 38.8 Å². The van der Waals surface area contributed by atoms with E-state index in [-0.39, 0.29) is 18.3 Å². The third-order valence-corrected chi connectivity index (χ3v) is 3.05. The molecule has 0 aliphatic rings. The summed E-state index contributed by atoms with van der Waals surface area (Å²) in [6, 6.07) is 15.4. The van der Waals surface area contributed by atoms with E-state index in [0.29, 0.717) is 13.2 Å². The van der Waals surface area contributed by atoms with Crippen LogP contribution in [0.4, 0.5) is 4.39 Å². The lowest BCUT2D eigenvalue weighted by atomic mass is 10.3. The van der Waals surface area contributed by atoms with E-state index in [9.17, 15) is 9.18 Å². The molecule has 0 aromatic heterocycles. The van der Waals surface area contributed by atoms with Gasteiger partial charge in [-0.25, -0.2) is 4.39 Å². The lowest BCUT2D eigenvalue weighted by Gasteiger charge is -2.17. The van der Waals surface area contributed by atoms with Crippen LogP contribution in [0.1, 0.15) is 0 Å². The third kappa shape index (κ3) is 4.77. The Hall–Kier alpha value is -2.56. The fraction of sp³-hybridized carbons (Fsp3) is 0.235. The Bertz CT molecular complexity index is 604. The molecular formula is C17H18FNO3. The summed E-state index contributed by atoms with van der Waals surface area (Å²) in [5.41, 5.74) is 0. The summed E-state index contributed by atoms with van der Waals surface area (Å²) in [5.74, 6) is 0.112. The van der Waals surface area contributed by atoms with Crippen LogP contribution in [0.2, 0.25) is 0 Å². The number of nitrogens with zero attached hydrogens (tertiary/aromatic N) is 1. The Morgan fingerprint density at radius 1 is 1.05 bits per heavy atom. The van der Waals surface area contributed by atoms with Gasteiger partial charge in [-0.05, 0) is 24.3 Å². The number of hydrogen-bond donors (Lipinski definition) is 0. The first-order valence-electron chi connectivity index (χ1n) is 6.96. The molecule has 4 nitrogen and oxygen atoms in total. The van der Waals surface area contributed by atoms with E-state index >= 15 is 0 Å². The molecule has 0 spiro atoms. The lowest BCUT2D eigenvalue weighted by molar-refractivity contribution is -0.132. The van der Waals surface area contributed by atoms with Crippen LogP contribution in [0, 0.1) is 5.82 Å². The molecule has 0 bridgehead atoms. The first kappa shape index (κ1) is 15.8. The molecule has 0 saturated heterocycles. The number of rotatable bonds is 7. The smallest absolute Gasteiger partial charge is 0.260 e. The lowest BCUT2D eigenvalue weighted by Crippen LogP contribution is -2.34. The van der Waals surface area contributed by atoms with Crippen LogP contribution in [0.15, 0.2) is 54.6 Å². The van der Waals surface area contributed by atoms with Gasteiger partial charge in [0.05, 0.1) is 6.54 Å². The normalized spacial score (nSPS) is 10.1. The zero-order valence-corrected chi connectivity index (χ0v) is 12.4. The van der Waals surface area contributed by atoms with E-state index in [1.807, 2.05) is 30.3 Å². The highest BCUT2D eigenvalue weighted by atomic mass is 19.1. The van der Waals surface area contributed by atoms with Gasteiger partial charge in [0, 0.05) is 7.05 Å². The van der Waals surface area contributed by atoms with Crippen LogP contribution in [-0.4, -0.2) is 37.6 Å². The highest BCUT2D eigenvalue weighted by molar-refractivity contribution is 5.77. The zero-order chi connectivity index (χ0) is 15.8. The number of para-hydroxylation sites is 2. The Kier molecular flexibility index (Phi) is 5.77. The van der Waals surface area contributed by atoms with E-state index in [0.717, 1.165) is 5.75 Å². The predicted molar refractivity (Wildman–Crippen MR) is 81.5 cm³/mol. The van der Waals surface area contributed by atoms with E-state index in [2.05, 4.69) is 0 Å². The van der Waals surface area contributed by atoms with E-state index in [4.69, 9.17) is 9.47 Å². The molecule has 0 N–H and O–H groups in total. The Labute approximate surface area is 129 Å². The third-order valence-electron chi connectivity index (χ3n) is 3.05. The first-order chi connectivity index (χ1) is 10.7. The van der Waals surface area contributed by atoms with Gasteiger partial charge in [-0.1, -0.05) is 30.3 Å². The van der Waals surface area contributed by atoms with E-state index in [1.54, 1.807) is 19.2 Å². The maximum absolute atomic E-state index is 13.4. The molecule has 0 unspecified atom stereocenters. The quantitative estimate of drug-likeness (QED) is 0.789. The van der Waals surface area contributed by atoms with Crippen LogP contribution in [0.5, 0.6) is 11.5 Å². The highest BCUT2D eigenvalue weighted by Gasteiger charge is 2.11. The van der Waals surface area contributed by atoms with Crippen LogP contribution in [-0.2, 0) is 4.79 Å². The van der Waals surface area contributed by atoms with Crippen molar-refractivity contribution in [2.45, 2.75) is 0 Å². The Morgan fingerprint density at radius 2 is 1.73 bits per heavy atom. The molecule has 5 heteroatoms. The van der Waals surface area contributed by atoms with Gasteiger partial charge in [0.25, 0.3) is 5.91 Å². The number of hydrogen-bond acceptors (Lipinski definition) is 3. The van der Waals surface area contributed by atoms with Gasteiger partial charge in [-0.2, -0.15) is 0 Å². The summed E-state index contributed by atoms with van der Waals surface area (Å²) in [6.07, 6.45) is 0. The van der Waals surface area contributed by atoms with Crippen molar-refractivity contribution in [2.75, 3.05) is 26.8 Å². The minimum atomic E-state index is -0.481. The van der Waals surface area contributed by atoms with Crippen LogP contribution in [0.25, 0.3) is 0 Å². The molecule has 0 aliphatic heterocycles. The summed E-state index contributed by atoms with van der Waals surface area (Å²) in [7, 11) is 1.65. The SMILES string of the molecule is CN(CCOc1ccccc1)C(=O)COc1ccccc1F. The number of amides is 1. The maximum Gasteiger partial charge on any atom is 0.260 e. The molecule has 116 valence electrons. The predicted octanol–water partition coefficient (Wildman–Crippen LogP) is 2.74. The molecule has 2 aromatic rings. The largest absolute Gasteiger partial charge is 0.492 e. The highest BCUT2D eigenvalue weighted by Crippen LogP contribution is 2.15. The van der Waals surface area contributed by atoms with E-state index < -0.39 is 5.82 Å². The van der Waals surface area contributed by atoms with Crippen LogP contribution in [0.3, 0.4) is 0 Å². The van der Waals surface area contributed by atoms with Crippen molar-refractivity contribution in [2.24, 2.45) is 0 Å². The summed E-state index contributed by atoms with van der Waals surface area (Å²) in [4.78, 5) is 13.4. The summed E-state index contributed by atoms with van der Waals surface area (Å²) in [6.45, 7) is 0.600. The standard InChI is InChI=1S/C17H18FNO3/c1-19(11-12-21-14-7-3-2-4-8-14)17(20)13-22-16-10-6-5-9-15(16)18/h2-10H,11-13H2,1H3. The van der Waals surface area contributed by atoms with Crippen molar-refractivity contribution in [1.29, 1.82) is 0 Å². The fourth-order valence-corrected chi connectivity index (χ4v) is 1.75. The minimum absolute atomic E-state index is 0.0739. The van der Waals surface area contributed by atoms with Gasteiger partial charge in [0.15, 0.2) is 18.2 Å². The second kappa shape index (κ2) is 8.02. The monoisotopic (exact) mass is 303 g/mol. The number of likely N-dealkylation sites (N-methyl/N-ethyl adjacent to an activating group) is 1. The average Bonchev–Trinajstić information content (AvgIpc) is 2.54. The molecule has 1 amide bonds. The van der Waals surface area contributed by atoms with Gasteiger partial charge in [0.1, 0.15) is 12.4 Å². The number of carbonyl (C=O) groups excluding carboxylic acids is 1. The van der Waals surface area contributed by atoms with Crippen LogP contribution < -0.4 is 9.47 Å². The summed E-state index contributed by atoms with van der Waals surface area (Å²) < 4.78 is 24.1. The van der Waals surface area contributed by atoms with E-state index in [1.165, 1.54) is 17.0 Å².